The quantitative estimate of drug-likeness (QED) is 0.304. The average Bonchev–Trinajstić information content (AvgIpc) is 3.01. The van der Waals surface area contributed by atoms with Crippen LogP contribution >= 0.6 is 11.6 Å². The minimum Gasteiger partial charge on any atom is -0.486 e. The molecule has 0 saturated carbocycles. The topological polar surface area (TPSA) is 157 Å². The Bertz CT molecular complexity index is 830. The van der Waals surface area contributed by atoms with Crippen molar-refractivity contribution in [2.75, 3.05) is 25.9 Å². The predicted octanol–water partition coefficient (Wildman–Crippen LogP) is 1.33. The fourth-order valence-corrected chi connectivity index (χ4v) is 3.48. The van der Waals surface area contributed by atoms with Gasteiger partial charge in [-0.2, -0.15) is 0 Å². The van der Waals surface area contributed by atoms with Crippen LogP contribution in [0.3, 0.4) is 0 Å². The van der Waals surface area contributed by atoms with E-state index in [0.29, 0.717) is 41.4 Å². The number of carboxylic acid groups (broad SMARTS) is 2. The van der Waals surface area contributed by atoms with Gasteiger partial charge in [-0.05, 0) is 32.9 Å². The number of anilines is 1. The number of benzene rings is 1. The number of carbonyl (C=O) groups is 3. The van der Waals surface area contributed by atoms with Gasteiger partial charge in [0.15, 0.2) is 0 Å². The lowest BCUT2D eigenvalue weighted by Gasteiger charge is -2.30. The van der Waals surface area contributed by atoms with Crippen LogP contribution in [0.2, 0.25) is 5.02 Å². The van der Waals surface area contributed by atoms with Crippen LogP contribution in [0.4, 0.5) is 5.69 Å². The van der Waals surface area contributed by atoms with E-state index in [-0.39, 0.29) is 12.2 Å². The molecule has 0 spiro atoms. The molecule has 2 aliphatic rings. The summed E-state index contributed by atoms with van der Waals surface area (Å²) in [6.07, 6.45) is 0.826. The molecule has 11 heteroatoms. The Morgan fingerprint density at radius 3 is 2.47 bits per heavy atom. The molecule has 5 N–H and O–H groups in total. The molecule has 2 aliphatic heterocycles. The maximum Gasteiger partial charge on any atom is 0.414 e. The fourth-order valence-electron chi connectivity index (χ4n) is 3.26. The number of fused-ring (bicyclic) bond motifs is 1. The standard InChI is InChI=1S/C17H23ClN2O4.C2H2O4/c1-17(2)7-10-14(19)11(18)6-9(15(10)24-17)16(21)23-12-4-5-20-8-13(12)22-3;3-1(4)2(5)6/h6,12-13,20H,4-5,7-8,19H2,1-3H3;(H,3,4)(H,5,6)/t12-,13+;/m1./s1. The number of carbonyl (C=O) groups excluding carboxylic acids is 1. The first-order valence-corrected chi connectivity index (χ1v) is 9.55. The van der Waals surface area contributed by atoms with Gasteiger partial charge in [-0.15, -0.1) is 0 Å². The first-order valence-electron chi connectivity index (χ1n) is 9.17. The van der Waals surface area contributed by atoms with Crippen molar-refractivity contribution in [2.45, 2.75) is 44.5 Å². The monoisotopic (exact) mass is 444 g/mol. The molecule has 3 rings (SSSR count). The second kappa shape index (κ2) is 9.50. The van der Waals surface area contributed by atoms with Gasteiger partial charge in [0, 0.05) is 25.6 Å². The van der Waals surface area contributed by atoms with E-state index in [0.717, 1.165) is 12.1 Å². The predicted molar refractivity (Wildman–Crippen MR) is 107 cm³/mol. The Kier molecular flexibility index (Phi) is 7.51. The molecule has 0 bridgehead atoms. The highest BCUT2D eigenvalue weighted by Gasteiger charge is 2.37. The number of halogens is 1. The van der Waals surface area contributed by atoms with E-state index in [1.807, 2.05) is 13.8 Å². The van der Waals surface area contributed by atoms with Crippen molar-refractivity contribution in [1.82, 2.24) is 5.32 Å². The molecular weight excluding hydrogens is 420 g/mol. The Labute approximate surface area is 178 Å². The van der Waals surface area contributed by atoms with E-state index >= 15 is 0 Å². The molecule has 2 atom stereocenters. The normalized spacial score (nSPS) is 21.5. The van der Waals surface area contributed by atoms with Gasteiger partial charge in [0.2, 0.25) is 0 Å². The van der Waals surface area contributed by atoms with Crippen molar-refractivity contribution in [1.29, 1.82) is 0 Å². The minimum atomic E-state index is -1.82. The Balaban J connectivity index is 0.000000469. The van der Waals surface area contributed by atoms with E-state index in [1.54, 1.807) is 7.11 Å². The zero-order valence-electron chi connectivity index (χ0n) is 16.9. The van der Waals surface area contributed by atoms with Gasteiger partial charge in [0.1, 0.15) is 29.1 Å². The van der Waals surface area contributed by atoms with Crippen molar-refractivity contribution in [3.63, 3.8) is 0 Å². The largest absolute Gasteiger partial charge is 0.486 e. The van der Waals surface area contributed by atoms with Crippen LogP contribution in [0, 0.1) is 0 Å². The molecule has 0 aromatic heterocycles. The van der Waals surface area contributed by atoms with Crippen molar-refractivity contribution in [3.05, 3.63) is 22.2 Å². The highest BCUT2D eigenvalue weighted by Crippen LogP contribution is 2.44. The summed E-state index contributed by atoms with van der Waals surface area (Å²) in [6, 6.07) is 1.53. The lowest BCUT2D eigenvalue weighted by Crippen LogP contribution is -2.47. The number of hydrogen-bond acceptors (Lipinski definition) is 8. The number of nitrogens with one attached hydrogen (secondary N) is 1. The summed E-state index contributed by atoms with van der Waals surface area (Å²) in [5, 5.41) is 18.3. The van der Waals surface area contributed by atoms with Gasteiger partial charge >= 0.3 is 17.9 Å². The van der Waals surface area contributed by atoms with Crippen molar-refractivity contribution in [2.24, 2.45) is 0 Å². The van der Waals surface area contributed by atoms with Gasteiger partial charge in [0.25, 0.3) is 0 Å². The van der Waals surface area contributed by atoms with E-state index in [1.165, 1.54) is 6.07 Å². The van der Waals surface area contributed by atoms with Crippen LogP contribution in [-0.4, -0.2) is 66.1 Å². The second-order valence-electron chi connectivity index (χ2n) is 7.49. The number of nitrogens with two attached hydrogens (primary N) is 1. The number of hydrogen-bond donors (Lipinski definition) is 4. The first-order chi connectivity index (χ1) is 14.0. The summed E-state index contributed by atoms with van der Waals surface area (Å²) in [5.41, 5.74) is 7.19. The lowest BCUT2D eigenvalue weighted by atomic mass is 9.98. The Morgan fingerprint density at radius 1 is 1.27 bits per heavy atom. The Hall–Kier alpha value is -2.56. The van der Waals surface area contributed by atoms with Crippen LogP contribution in [0.1, 0.15) is 36.2 Å². The second-order valence-corrected chi connectivity index (χ2v) is 7.89. The van der Waals surface area contributed by atoms with Gasteiger partial charge in [-0.3, -0.25) is 0 Å². The van der Waals surface area contributed by atoms with Gasteiger partial charge in [0.05, 0.1) is 10.7 Å². The van der Waals surface area contributed by atoms with Crippen molar-refractivity contribution >= 4 is 35.2 Å². The summed E-state index contributed by atoms with van der Waals surface area (Å²) in [6.45, 7) is 5.33. The molecule has 1 fully saturated rings. The van der Waals surface area contributed by atoms with Crippen LogP contribution < -0.4 is 15.8 Å². The number of aliphatic carboxylic acids is 2. The van der Waals surface area contributed by atoms with Crippen LogP contribution in [-0.2, 0) is 25.5 Å². The Morgan fingerprint density at radius 2 is 1.90 bits per heavy atom. The summed E-state index contributed by atoms with van der Waals surface area (Å²) in [7, 11) is 1.61. The molecule has 0 unspecified atom stereocenters. The number of carboxylic acids is 2. The number of esters is 1. The summed E-state index contributed by atoms with van der Waals surface area (Å²) >= 11 is 6.21. The molecule has 10 nitrogen and oxygen atoms in total. The van der Waals surface area contributed by atoms with Gasteiger partial charge in [-0.1, -0.05) is 11.6 Å². The third-order valence-electron chi connectivity index (χ3n) is 4.68. The average molecular weight is 445 g/mol. The third kappa shape index (κ3) is 5.53. The van der Waals surface area contributed by atoms with E-state index in [2.05, 4.69) is 5.32 Å². The molecular formula is C19H25ClN2O8. The van der Waals surface area contributed by atoms with E-state index in [9.17, 15) is 4.79 Å². The van der Waals surface area contributed by atoms with Gasteiger partial charge in [-0.25, -0.2) is 14.4 Å². The molecule has 1 saturated heterocycles. The maximum atomic E-state index is 12.7. The number of nitrogen functional groups attached to an aromatic ring is 1. The summed E-state index contributed by atoms with van der Waals surface area (Å²) < 4.78 is 17.0. The molecule has 0 radical (unpaired) electrons. The number of ether oxygens (including phenoxy) is 3. The highest BCUT2D eigenvalue weighted by molar-refractivity contribution is 6.33. The molecule has 1 aromatic carbocycles. The zero-order valence-corrected chi connectivity index (χ0v) is 17.6. The maximum absolute atomic E-state index is 12.7. The molecule has 166 valence electrons. The van der Waals surface area contributed by atoms with Crippen LogP contribution in [0.5, 0.6) is 5.75 Å². The summed E-state index contributed by atoms with van der Waals surface area (Å²) in [5.74, 6) is -3.63. The molecule has 0 amide bonds. The highest BCUT2D eigenvalue weighted by atomic mass is 35.5. The fraction of sp³-hybridized carbons (Fsp3) is 0.526. The first kappa shape index (κ1) is 23.7. The SMILES string of the molecule is CO[C@H]1CNCC[C@H]1OC(=O)c1cc(Cl)c(N)c2c1OC(C)(C)C2.O=C(O)C(=O)O. The van der Waals surface area contributed by atoms with Crippen molar-refractivity contribution < 1.29 is 38.8 Å². The van der Waals surface area contributed by atoms with Crippen molar-refractivity contribution in [3.8, 4) is 5.75 Å². The summed E-state index contributed by atoms with van der Waals surface area (Å²) in [4.78, 5) is 30.9. The molecule has 2 heterocycles. The van der Waals surface area contributed by atoms with Gasteiger partial charge < -0.3 is 35.5 Å². The van der Waals surface area contributed by atoms with E-state index in [4.69, 9.17) is 51.3 Å². The number of methoxy groups -OCH3 is 1. The zero-order chi connectivity index (χ0) is 22.6. The van der Waals surface area contributed by atoms with Crippen LogP contribution in [0.25, 0.3) is 0 Å². The number of rotatable bonds is 3. The third-order valence-corrected chi connectivity index (χ3v) is 5.00. The smallest absolute Gasteiger partial charge is 0.414 e. The number of piperidine rings is 1. The molecule has 0 aliphatic carbocycles. The molecule has 1 aromatic rings. The van der Waals surface area contributed by atoms with E-state index < -0.39 is 23.5 Å². The van der Waals surface area contributed by atoms with Crippen LogP contribution in [0.15, 0.2) is 6.07 Å². The minimum absolute atomic E-state index is 0.169. The lowest BCUT2D eigenvalue weighted by molar-refractivity contribution is -0.159. The molecule has 30 heavy (non-hydrogen) atoms.